The molecule has 0 bridgehead atoms. The second-order valence-corrected chi connectivity index (χ2v) is 4.01. The molecule has 5 nitrogen and oxygen atoms in total. The zero-order valence-electron chi connectivity index (χ0n) is 8.71. The molecule has 1 saturated carbocycles. The molecule has 1 aromatic rings. The zero-order chi connectivity index (χ0) is 10.3. The number of hydrogen-bond donors (Lipinski definition) is 2. The summed E-state index contributed by atoms with van der Waals surface area (Å²) in [6.45, 7) is 1.67. The molecule has 1 aromatic heterocycles. The maximum absolute atomic E-state index is 5.09. The van der Waals surface area contributed by atoms with Crippen molar-refractivity contribution < 1.29 is 4.74 Å². The Bertz CT molecular complexity index is 389. The summed E-state index contributed by atoms with van der Waals surface area (Å²) in [4.78, 5) is 8.68. The summed E-state index contributed by atoms with van der Waals surface area (Å²) in [7, 11) is 1.60. The van der Waals surface area contributed by atoms with Gasteiger partial charge in [-0.2, -0.15) is 9.97 Å². The highest BCUT2D eigenvalue weighted by Crippen LogP contribution is 2.29. The van der Waals surface area contributed by atoms with Gasteiger partial charge in [0.05, 0.1) is 12.8 Å². The topological polar surface area (TPSA) is 59.1 Å². The number of rotatable bonds is 3. The first-order valence-corrected chi connectivity index (χ1v) is 5.28. The first-order chi connectivity index (χ1) is 7.36. The first-order valence-electron chi connectivity index (χ1n) is 5.28. The van der Waals surface area contributed by atoms with E-state index in [1.165, 1.54) is 18.4 Å². The van der Waals surface area contributed by atoms with Crippen molar-refractivity contribution in [3.05, 3.63) is 11.3 Å². The largest absolute Gasteiger partial charge is 0.467 e. The van der Waals surface area contributed by atoms with Gasteiger partial charge >= 0.3 is 6.01 Å². The summed E-state index contributed by atoms with van der Waals surface area (Å²) in [5.74, 6) is 0.948. The van der Waals surface area contributed by atoms with Gasteiger partial charge in [-0.1, -0.05) is 0 Å². The number of ether oxygens (including phenoxy) is 1. The highest BCUT2D eigenvalue weighted by molar-refractivity contribution is 5.50. The Morgan fingerprint density at radius 1 is 1.33 bits per heavy atom. The number of aromatic nitrogens is 2. The monoisotopic (exact) mass is 206 g/mol. The molecule has 0 aromatic carbocycles. The quantitative estimate of drug-likeness (QED) is 0.761. The Hall–Kier alpha value is -1.36. The average Bonchev–Trinajstić information content (AvgIpc) is 2.93. The Kier molecular flexibility index (Phi) is 1.98. The van der Waals surface area contributed by atoms with Crippen LogP contribution in [0.5, 0.6) is 6.01 Å². The van der Waals surface area contributed by atoms with Crippen molar-refractivity contribution in [1.82, 2.24) is 15.3 Å². The third kappa shape index (κ3) is 1.63. The van der Waals surface area contributed by atoms with Crippen LogP contribution in [0.2, 0.25) is 0 Å². The molecule has 0 atom stereocenters. The van der Waals surface area contributed by atoms with Crippen molar-refractivity contribution in [2.24, 2.45) is 0 Å². The van der Waals surface area contributed by atoms with Crippen LogP contribution in [0.3, 0.4) is 0 Å². The van der Waals surface area contributed by atoms with E-state index in [0.29, 0.717) is 12.1 Å². The van der Waals surface area contributed by atoms with Crippen LogP contribution < -0.4 is 15.4 Å². The zero-order valence-corrected chi connectivity index (χ0v) is 8.71. The summed E-state index contributed by atoms with van der Waals surface area (Å²) < 4.78 is 5.09. The van der Waals surface area contributed by atoms with Crippen molar-refractivity contribution in [3.8, 4) is 6.01 Å². The lowest BCUT2D eigenvalue weighted by Gasteiger charge is -2.09. The molecule has 1 aliphatic heterocycles. The van der Waals surface area contributed by atoms with E-state index in [-0.39, 0.29) is 0 Å². The fraction of sp³-hybridized carbons (Fsp3) is 0.600. The van der Waals surface area contributed by atoms with Crippen LogP contribution in [0.25, 0.3) is 0 Å². The number of methoxy groups -OCH3 is 1. The Morgan fingerprint density at radius 3 is 2.93 bits per heavy atom. The van der Waals surface area contributed by atoms with Gasteiger partial charge in [0.1, 0.15) is 5.82 Å². The van der Waals surface area contributed by atoms with Crippen LogP contribution in [-0.4, -0.2) is 23.1 Å². The van der Waals surface area contributed by atoms with Crippen LogP contribution in [0.1, 0.15) is 24.1 Å². The Balaban J connectivity index is 1.97. The van der Waals surface area contributed by atoms with Gasteiger partial charge in [0.25, 0.3) is 0 Å². The number of anilines is 1. The van der Waals surface area contributed by atoms with Crippen molar-refractivity contribution in [3.63, 3.8) is 0 Å². The molecule has 80 valence electrons. The summed E-state index contributed by atoms with van der Waals surface area (Å²) in [6, 6.07) is 1.06. The molecule has 5 heteroatoms. The van der Waals surface area contributed by atoms with E-state index in [9.17, 15) is 0 Å². The lowest BCUT2D eigenvalue weighted by molar-refractivity contribution is 0.378. The predicted octanol–water partition coefficient (Wildman–Crippen LogP) is 0.663. The van der Waals surface area contributed by atoms with Gasteiger partial charge in [0, 0.05) is 24.7 Å². The van der Waals surface area contributed by atoms with Crippen molar-refractivity contribution in [2.45, 2.75) is 32.0 Å². The van der Waals surface area contributed by atoms with Gasteiger partial charge in [-0.15, -0.1) is 0 Å². The molecule has 0 saturated heterocycles. The van der Waals surface area contributed by atoms with E-state index in [1.54, 1.807) is 7.11 Å². The molecule has 0 unspecified atom stereocenters. The fourth-order valence-electron chi connectivity index (χ4n) is 1.78. The summed E-state index contributed by atoms with van der Waals surface area (Å²) in [5.41, 5.74) is 2.26. The molecule has 3 rings (SSSR count). The number of nitrogens with zero attached hydrogens (tertiary/aromatic N) is 2. The number of hydrogen-bond acceptors (Lipinski definition) is 5. The molecule has 1 fully saturated rings. The SMILES string of the molecule is COc1nc2c(c(NC3CC3)n1)CNC2. The van der Waals surface area contributed by atoms with Gasteiger partial charge in [-0.05, 0) is 12.8 Å². The molecule has 2 aliphatic rings. The molecule has 2 heterocycles. The lowest BCUT2D eigenvalue weighted by atomic mass is 10.2. The van der Waals surface area contributed by atoms with Gasteiger partial charge in [0.15, 0.2) is 0 Å². The second kappa shape index (κ2) is 3.34. The van der Waals surface area contributed by atoms with E-state index in [1.807, 2.05) is 0 Å². The van der Waals surface area contributed by atoms with Crippen LogP contribution in [0.4, 0.5) is 5.82 Å². The van der Waals surface area contributed by atoms with Crippen LogP contribution >= 0.6 is 0 Å². The van der Waals surface area contributed by atoms with Crippen LogP contribution in [0.15, 0.2) is 0 Å². The molecule has 0 radical (unpaired) electrons. The number of fused-ring (bicyclic) bond motifs is 1. The number of nitrogens with one attached hydrogen (secondary N) is 2. The highest BCUT2D eigenvalue weighted by Gasteiger charge is 2.26. The van der Waals surface area contributed by atoms with Gasteiger partial charge in [-0.3, -0.25) is 0 Å². The third-order valence-electron chi connectivity index (χ3n) is 2.77. The summed E-state index contributed by atoms with van der Waals surface area (Å²) in [6.07, 6.45) is 2.49. The van der Waals surface area contributed by atoms with Crippen LogP contribution in [0, 0.1) is 0 Å². The minimum atomic E-state index is 0.459. The molecule has 15 heavy (non-hydrogen) atoms. The smallest absolute Gasteiger partial charge is 0.318 e. The maximum Gasteiger partial charge on any atom is 0.318 e. The first kappa shape index (κ1) is 8.91. The van der Waals surface area contributed by atoms with Gasteiger partial charge < -0.3 is 15.4 Å². The average molecular weight is 206 g/mol. The van der Waals surface area contributed by atoms with Crippen molar-refractivity contribution in [2.75, 3.05) is 12.4 Å². The maximum atomic E-state index is 5.09. The normalized spacial score (nSPS) is 18.7. The van der Waals surface area contributed by atoms with Crippen molar-refractivity contribution in [1.29, 1.82) is 0 Å². The molecule has 0 amide bonds. The highest BCUT2D eigenvalue weighted by atomic mass is 16.5. The van der Waals surface area contributed by atoms with E-state index < -0.39 is 0 Å². The van der Waals surface area contributed by atoms with Crippen molar-refractivity contribution >= 4 is 5.82 Å². The van der Waals surface area contributed by atoms with Gasteiger partial charge in [-0.25, -0.2) is 0 Å². The Morgan fingerprint density at radius 2 is 2.20 bits per heavy atom. The second-order valence-electron chi connectivity index (χ2n) is 4.01. The molecule has 1 aliphatic carbocycles. The molecule has 2 N–H and O–H groups in total. The standard InChI is InChI=1S/C10H14N4O/c1-15-10-13-8-5-11-4-7(8)9(14-10)12-6-2-3-6/h6,11H,2-5H2,1H3,(H,12,13,14). The van der Waals surface area contributed by atoms with E-state index in [0.717, 1.165) is 24.6 Å². The minimum Gasteiger partial charge on any atom is -0.467 e. The van der Waals surface area contributed by atoms with E-state index in [4.69, 9.17) is 4.74 Å². The third-order valence-corrected chi connectivity index (χ3v) is 2.77. The van der Waals surface area contributed by atoms with E-state index >= 15 is 0 Å². The summed E-state index contributed by atoms with van der Waals surface area (Å²) >= 11 is 0. The predicted molar refractivity (Wildman–Crippen MR) is 55.8 cm³/mol. The molecular weight excluding hydrogens is 192 g/mol. The molecule has 0 spiro atoms. The Labute approximate surface area is 88.3 Å². The lowest BCUT2D eigenvalue weighted by Crippen LogP contribution is -2.09. The summed E-state index contributed by atoms with van der Waals surface area (Å²) in [5, 5.41) is 6.69. The van der Waals surface area contributed by atoms with Crippen LogP contribution in [-0.2, 0) is 13.1 Å². The minimum absolute atomic E-state index is 0.459. The van der Waals surface area contributed by atoms with Gasteiger partial charge in [0.2, 0.25) is 0 Å². The molecular formula is C10H14N4O. The fourth-order valence-corrected chi connectivity index (χ4v) is 1.78. The van der Waals surface area contributed by atoms with E-state index in [2.05, 4.69) is 20.6 Å².